The van der Waals surface area contributed by atoms with Gasteiger partial charge in [-0.1, -0.05) is 81.4 Å². The molecule has 1 saturated carbocycles. The molecule has 1 aliphatic rings. The van der Waals surface area contributed by atoms with E-state index in [0.29, 0.717) is 12.2 Å². The molecule has 150 valence electrons. The number of hydrogen-bond acceptors (Lipinski definition) is 4. The summed E-state index contributed by atoms with van der Waals surface area (Å²) in [6.07, 6.45) is 3.70. The fourth-order valence-corrected chi connectivity index (χ4v) is 4.84. The number of hydrogen-bond donors (Lipinski definition) is 0. The van der Waals surface area contributed by atoms with Gasteiger partial charge in [-0.3, -0.25) is 9.36 Å². The summed E-state index contributed by atoms with van der Waals surface area (Å²) in [5.74, 6) is 1.14. The standard InChI is InChI=1S/C24H27N3OS/c1-24(2,3)18-15-13-17(14-16-18)22-25-26-23(27(22)19-9-5-4-6-10-19)29-21-12-8-7-11-20(21)28/h4-6,9-10,13-16,21H,7-8,11-12H2,1-3H3/t21-/m0/s1. The topological polar surface area (TPSA) is 47.8 Å². The Morgan fingerprint density at radius 3 is 2.34 bits per heavy atom. The molecule has 0 amide bonds. The van der Waals surface area contributed by atoms with Crippen molar-refractivity contribution in [2.75, 3.05) is 0 Å². The third-order valence-corrected chi connectivity index (χ3v) is 6.66. The summed E-state index contributed by atoms with van der Waals surface area (Å²) in [6, 6.07) is 18.7. The van der Waals surface area contributed by atoms with Crippen molar-refractivity contribution >= 4 is 17.5 Å². The van der Waals surface area contributed by atoms with Crippen LogP contribution in [0.2, 0.25) is 0 Å². The average molecular weight is 406 g/mol. The number of carbonyl (C=O) groups is 1. The van der Waals surface area contributed by atoms with Crippen LogP contribution in [-0.4, -0.2) is 25.8 Å². The minimum Gasteiger partial charge on any atom is -0.298 e. The first kappa shape index (κ1) is 19.9. The maximum Gasteiger partial charge on any atom is 0.196 e. The zero-order chi connectivity index (χ0) is 20.4. The first-order valence-corrected chi connectivity index (χ1v) is 11.1. The highest BCUT2D eigenvalue weighted by Gasteiger charge is 2.27. The van der Waals surface area contributed by atoms with E-state index in [0.717, 1.165) is 41.5 Å². The van der Waals surface area contributed by atoms with Crippen molar-refractivity contribution in [1.82, 2.24) is 14.8 Å². The molecule has 1 aromatic heterocycles. The third-order valence-electron chi connectivity index (χ3n) is 5.40. The highest BCUT2D eigenvalue weighted by Crippen LogP contribution is 2.35. The Balaban J connectivity index is 1.74. The fourth-order valence-electron chi connectivity index (χ4n) is 3.67. The van der Waals surface area contributed by atoms with Crippen LogP contribution in [0.1, 0.15) is 52.0 Å². The van der Waals surface area contributed by atoms with Crippen molar-refractivity contribution in [3.8, 4) is 17.1 Å². The van der Waals surface area contributed by atoms with Crippen LogP contribution in [0.3, 0.4) is 0 Å². The van der Waals surface area contributed by atoms with Crippen molar-refractivity contribution in [2.24, 2.45) is 0 Å². The number of rotatable bonds is 4. The zero-order valence-corrected chi connectivity index (χ0v) is 18.1. The molecule has 0 N–H and O–H groups in total. The van der Waals surface area contributed by atoms with Crippen molar-refractivity contribution < 1.29 is 4.79 Å². The van der Waals surface area contributed by atoms with E-state index in [9.17, 15) is 4.79 Å². The average Bonchev–Trinajstić information content (AvgIpc) is 3.13. The van der Waals surface area contributed by atoms with Gasteiger partial charge in [-0.2, -0.15) is 0 Å². The molecule has 0 saturated heterocycles. The number of carbonyl (C=O) groups excluding carboxylic acids is 1. The van der Waals surface area contributed by atoms with Crippen molar-refractivity contribution in [2.45, 2.75) is 62.3 Å². The van der Waals surface area contributed by atoms with Crippen LogP contribution < -0.4 is 0 Å². The molecule has 29 heavy (non-hydrogen) atoms. The minimum absolute atomic E-state index is 0.0217. The molecular formula is C24H27N3OS. The van der Waals surface area contributed by atoms with E-state index in [1.54, 1.807) is 11.8 Å². The van der Waals surface area contributed by atoms with Gasteiger partial charge in [0.15, 0.2) is 11.0 Å². The van der Waals surface area contributed by atoms with Crippen LogP contribution in [0.5, 0.6) is 0 Å². The van der Waals surface area contributed by atoms with Crippen LogP contribution in [0, 0.1) is 0 Å². The molecule has 0 aliphatic heterocycles. The van der Waals surface area contributed by atoms with Gasteiger partial charge < -0.3 is 0 Å². The summed E-state index contributed by atoms with van der Waals surface area (Å²) in [5.41, 5.74) is 3.43. The Morgan fingerprint density at radius 1 is 0.966 bits per heavy atom. The Bertz CT molecular complexity index is 987. The van der Waals surface area contributed by atoms with Crippen LogP contribution in [0.15, 0.2) is 59.8 Å². The third kappa shape index (κ3) is 4.30. The largest absolute Gasteiger partial charge is 0.298 e. The van der Waals surface area contributed by atoms with E-state index in [-0.39, 0.29) is 10.7 Å². The van der Waals surface area contributed by atoms with Gasteiger partial charge in [-0.15, -0.1) is 10.2 Å². The quantitative estimate of drug-likeness (QED) is 0.547. The van der Waals surface area contributed by atoms with Crippen molar-refractivity contribution in [3.63, 3.8) is 0 Å². The van der Waals surface area contributed by atoms with E-state index in [4.69, 9.17) is 0 Å². The normalized spacial score (nSPS) is 17.5. The summed E-state index contributed by atoms with van der Waals surface area (Å²) in [7, 11) is 0. The molecule has 4 nitrogen and oxygen atoms in total. The number of ketones is 1. The highest BCUT2D eigenvalue weighted by molar-refractivity contribution is 8.00. The van der Waals surface area contributed by atoms with Crippen LogP contribution in [0.25, 0.3) is 17.1 Å². The molecular weight excluding hydrogens is 378 g/mol. The Labute approximate surface area is 176 Å². The highest BCUT2D eigenvalue weighted by atomic mass is 32.2. The molecule has 3 aromatic rings. The Morgan fingerprint density at radius 2 is 1.69 bits per heavy atom. The van der Waals surface area contributed by atoms with Crippen LogP contribution in [-0.2, 0) is 10.2 Å². The summed E-state index contributed by atoms with van der Waals surface area (Å²) in [6.45, 7) is 6.64. The lowest BCUT2D eigenvalue weighted by Gasteiger charge is -2.20. The van der Waals surface area contributed by atoms with E-state index < -0.39 is 0 Å². The Hall–Kier alpha value is -2.40. The van der Waals surface area contributed by atoms with Gasteiger partial charge in [0, 0.05) is 17.7 Å². The van der Waals surface area contributed by atoms with Gasteiger partial charge >= 0.3 is 0 Å². The minimum atomic E-state index is -0.0217. The molecule has 4 rings (SSSR count). The summed E-state index contributed by atoms with van der Waals surface area (Å²) in [5, 5.41) is 9.78. The van der Waals surface area contributed by atoms with Gasteiger partial charge in [0.25, 0.3) is 0 Å². The van der Waals surface area contributed by atoms with E-state index in [1.165, 1.54) is 5.56 Å². The number of benzene rings is 2. The van der Waals surface area contributed by atoms with Gasteiger partial charge in [0.2, 0.25) is 0 Å². The van der Waals surface area contributed by atoms with Crippen molar-refractivity contribution in [3.05, 3.63) is 60.2 Å². The van der Waals surface area contributed by atoms with Gasteiger partial charge in [0.05, 0.1) is 5.25 Å². The summed E-state index contributed by atoms with van der Waals surface area (Å²) >= 11 is 1.56. The predicted molar refractivity (Wildman–Crippen MR) is 119 cm³/mol. The fraction of sp³-hybridized carbons (Fsp3) is 0.375. The number of thioether (sulfide) groups is 1. The van der Waals surface area contributed by atoms with Gasteiger partial charge in [0.1, 0.15) is 5.78 Å². The number of Topliss-reactive ketones (excluding diaryl/α,β-unsaturated/α-hetero) is 1. The summed E-state index contributed by atoms with van der Waals surface area (Å²) in [4.78, 5) is 12.4. The number of para-hydroxylation sites is 1. The first-order valence-electron chi connectivity index (χ1n) is 10.2. The molecule has 1 atom stereocenters. The van der Waals surface area contributed by atoms with Gasteiger partial charge in [-0.05, 0) is 36.0 Å². The zero-order valence-electron chi connectivity index (χ0n) is 17.3. The first-order chi connectivity index (χ1) is 13.9. The lowest BCUT2D eigenvalue weighted by molar-refractivity contribution is -0.119. The monoisotopic (exact) mass is 405 g/mol. The molecule has 0 spiro atoms. The smallest absolute Gasteiger partial charge is 0.196 e. The molecule has 1 fully saturated rings. The lowest BCUT2D eigenvalue weighted by Crippen LogP contribution is -2.21. The molecule has 1 heterocycles. The molecule has 0 bridgehead atoms. The molecule has 2 aromatic carbocycles. The lowest BCUT2D eigenvalue weighted by atomic mass is 9.87. The molecule has 1 aliphatic carbocycles. The maximum atomic E-state index is 12.4. The number of aromatic nitrogens is 3. The second kappa shape index (κ2) is 8.15. The van der Waals surface area contributed by atoms with Crippen molar-refractivity contribution in [1.29, 1.82) is 0 Å². The summed E-state index contributed by atoms with van der Waals surface area (Å²) < 4.78 is 2.08. The van der Waals surface area contributed by atoms with Crippen LogP contribution >= 0.6 is 11.8 Å². The van der Waals surface area contributed by atoms with E-state index >= 15 is 0 Å². The maximum absolute atomic E-state index is 12.4. The molecule has 0 unspecified atom stereocenters. The van der Waals surface area contributed by atoms with Gasteiger partial charge in [-0.25, -0.2) is 0 Å². The van der Waals surface area contributed by atoms with Crippen LogP contribution in [0.4, 0.5) is 0 Å². The predicted octanol–water partition coefficient (Wildman–Crippen LogP) is 5.84. The number of nitrogens with zero attached hydrogens (tertiary/aromatic N) is 3. The second-order valence-corrected chi connectivity index (χ2v) is 9.79. The Kier molecular flexibility index (Phi) is 5.59. The SMILES string of the molecule is CC(C)(C)c1ccc(-c2nnc(S[C@H]3CCCCC3=O)n2-c2ccccc2)cc1. The van der Waals surface area contributed by atoms with E-state index in [1.807, 2.05) is 18.2 Å². The molecule has 5 heteroatoms. The van der Waals surface area contributed by atoms with E-state index in [2.05, 4.69) is 71.9 Å². The second-order valence-electron chi connectivity index (χ2n) is 8.62. The molecule has 0 radical (unpaired) electrons.